The van der Waals surface area contributed by atoms with Gasteiger partial charge in [0.05, 0.1) is 19.8 Å². The molecule has 6 rings (SSSR count). The van der Waals surface area contributed by atoms with Crippen molar-refractivity contribution in [1.29, 1.82) is 0 Å². The van der Waals surface area contributed by atoms with Crippen LogP contribution in [-0.4, -0.2) is 51.0 Å². The quantitative estimate of drug-likeness (QED) is 0.114. The van der Waals surface area contributed by atoms with Crippen LogP contribution in [0.15, 0.2) is 152 Å². The van der Waals surface area contributed by atoms with Crippen LogP contribution < -0.4 is 0 Å². The smallest absolute Gasteiger partial charge is 0.186 e. The highest BCUT2D eigenvalue weighted by Gasteiger charge is 2.57. The van der Waals surface area contributed by atoms with Gasteiger partial charge in [0.2, 0.25) is 0 Å². The monoisotopic (exact) mass is 644 g/mol. The number of hydrogen-bond donors (Lipinski definition) is 0. The van der Waals surface area contributed by atoms with E-state index < -0.39 is 35.8 Å². The second-order valence-corrected chi connectivity index (χ2v) is 12.2. The average Bonchev–Trinajstić information content (AvgIpc) is 3.16. The SMILES string of the molecule is CO[C@H]1O[C@H](COC(c2ccccc2)(c2ccccc2)c2ccccc2)[C@@](C)(OC)[C@H](OCc2ccccc2)[C@H]1OCc1ccccc1. The van der Waals surface area contributed by atoms with Gasteiger partial charge in [0.25, 0.3) is 0 Å². The minimum atomic E-state index is -0.985. The summed E-state index contributed by atoms with van der Waals surface area (Å²) in [4.78, 5) is 0. The van der Waals surface area contributed by atoms with Crippen molar-refractivity contribution in [3.63, 3.8) is 0 Å². The van der Waals surface area contributed by atoms with E-state index in [1.54, 1.807) is 14.2 Å². The molecule has 5 aromatic rings. The van der Waals surface area contributed by atoms with Crippen LogP contribution in [-0.2, 0) is 47.2 Å². The van der Waals surface area contributed by atoms with E-state index in [1.807, 2.05) is 122 Å². The van der Waals surface area contributed by atoms with E-state index in [0.29, 0.717) is 13.2 Å². The second-order valence-electron chi connectivity index (χ2n) is 12.2. The fourth-order valence-electron chi connectivity index (χ4n) is 6.59. The normalized spacial score (nSPS) is 22.7. The number of methoxy groups -OCH3 is 2. The highest BCUT2D eigenvalue weighted by atomic mass is 16.7. The van der Waals surface area contributed by atoms with Crippen molar-refractivity contribution in [2.75, 3.05) is 20.8 Å². The van der Waals surface area contributed by atoms with Crippen LogP contribution in [0.1, 0.15) is 34.7 Å². The van der Waals surface area contributed by atoms with Crippen molar-refractivity contribution in [3.8, 4) is 0 Å². The van der Waals surface area contributed by atoms with E-state index in [1.165, 1.54) is 0 Å². The number of rotatable bonds is 14. The molecule has 48 heavy (non-hydrogen) atoms. The first-order chi connectivity index (χ1) is 23.6. The van der Waals surface area contributed by atoms with Gasteiger partial charge in [-0.3, -0.25) is 0 Å². The lowest BCUT2D eigenvalue weighted by atomic mass is 9.79. The predicted molar refractivity (Wildman–Crippen MR) is 186 cm³/mol. The standard InChI is InChI=1S/C42H44O6/c1-41(44-3)37(31-47-42(34-23-13-6-14-24-34,35-25-15-7-16-26-35)36-27-17-8-18-28-36)48-40(43-2)38(45-29-32-19-9-4-10-20-32)39(41)46-30-33-21-11-5-12-22-33/h4-28,37-40H,29-31H2,1-3H3/t37-,38-,39-,40+,41-/m1/s1. The lowest BCUT2D eigenvalue weighted by Crippen LogP contribution is -2.68. The van der Waals surface area contributed by atoms with Gasteiger partial charge in [0, 0.05) is 14.2 Å². The van der Waals surface area contributed by atoms with Gasteiger partial charge in [-0.1, -0.05) is 152 Å². The molecule has 0 N–H and O–H groups in total. The summed E-state index contributed by atoms with van der Waals surface area (Å²) in [5.41, 5.74) is 3.16. The summed E-state index contributed by atoms with van der Waals surface area (Å²) in [6.07, 6.45) is -2.51. The number of ether oxygens (including phenoxy) is 6. The minimum Gasteiger partial charge on any atom is -0.373 e. The molecule has 6 heteroatoms. The molecule has 5 aromatic carbocycles. The van der Waals surface area contributed by atoms with Crippen molar-refractivity contribution < 1.29 is 28.4 Å². The topological polar surface area (TPSA) is 55.4 Å². The molecule has 1 heterocycles. The molecule has 6 nitrogen and oxygen atoms in total. The zero-order valence-electron chi connectivity index (χ0n) is 27.8. The molecule has 0 spiro atoms. The summed E-state index contributed by atoms with van der Waals surface area (Å²) in [7, 11) is 3.32. The predicted octanol–water partition coefficient (Wildman–Crippen LogP) is 7.94. The summed E-state index contributed by atoms with van der Waals surface area (Å²) >= 11 is 0. The molecule has 1 aliphatic rings. The van der Waals surface area contributed by atoms with Crippen LogP contribution >= 0.6 is 0 Å². The van der Waals surface area contributed by atoms with Crippen LogP contribution in [0.4, 0.5) is 0 Å². The summed E-state index contributed by atoms with van der Waals surface area (Å²) in [6.45, 7) is 2.90. The molecule has 1 saturated heterocycles. The molecule has 0 unspecified atom stereocenters. The van der Waals surface area contributed by atoms with Gasteiger partial charge >= 0.3 is 0 Å². The zero-order valence-corrected chi connectivity index (χ0v) is 27.8. The van der Waals surface area contributed by atoms with Gasteiger partial charge in [-0.2, -0.15) is 0 Å². The Bertz CT molecular complexity index is 1560. The molecule has 0 saturated carbocycles. The minimum absolute atomic E-state index is 0.166. The Hall–Kier alpha value is -4.14. The maximum absolute atomic E-state index is 7.24. The molecule has 5 atom stereocenters. The summed E-state index contributed by atoms with van der Waals surface area (Å²) in [5, 5.41) is 0. The van der Waals surface area contributed by atoms with Crippen LogP contribution in [0.3, 0.4) is 0 Å². The van der Waals surface area contributed by atoms with Crippen molar-refractivity contribution in [2.24, 2.45) is 0 Å². The maximum atomic E-state index is 7.24. The summed E-state index contributed by atoms with van der Waals surface area (Å²) < 4.78 is 39.7. The fourth-order valence-corrected chi connectivity index (χ4v) is 6.59. The third-order valence-electron chi connectivity index (χ3n) is 9.29. The van der Waals surface area contributed by atoms with E-state index in [0.717, 1.165) is 27.8 Å². The molecule has 0 bridgehead atoms. The average molecular weight is 645 g/mol. The highest BCUT2D eigenvalue weighted by molar-refractivity contribution is 5.47. The first-order valence-electron chi connectivity index (χ1n) is 16.4. The molecule has 0 amide bonds. The number of hydrogen-bond acceptors (Lipinski definition) is 6. The Morgan fingerprint density at radius 3 is 1.42 bits per heavy atom. The molecule has 0 aromatic heterocycles. The lowest BCUT2D eigenvalue weighted by molar-refractivity contribution is -0.347. The molecular weight excluding hydrogens is 600 g/mol. The van der Waals surface area contributed by atoms with Crippen molar-refractivity contribution in [3.05, 3.63) is 179 Å². The maximum Gasteiger partial charge on any atom is 0.186 e. The van der Waals surface area contributed by atoms with E-state index >= 15 is 0 Å². The van der Waals surface area contributed by atoms with Gasteiger partial charge in [-0.15, -0.1) is 0 Å². The fraction of sp³-hybridized carbons (Fsp3) is 0.286. The molecular formula is C42H44O6. The van der Waals surface area contributed by atoms with Gasteiger partial charge in [-0.05, 0) is 34.7 Å². The van der Waals surface area contributed by atoms with Crippen LogP contribution in [0.25, 0.3) is 0 Å². The Balaban J connectivity index is 1.37. The highest BCUT2D eigenvalue weighted by Crippen LogP contribution is 2.43. The Kier molecular flexibility index (Phi) is 11.1. The first-order valence-corrected chi connectivity index (χ1v) is 16.4. The molecule has 0 aliphatic carbocycles. The lowest BCUT2D eigenvalue weighted by Gasteiger charge is -2.51. The number of benzene rings is 5. The molecule has 0 radical (unpaired) electrons. The largest absolute Gasteiger partial charge is 0.373 e. The third kappa shape index (κ3) is 7.15. The van der Waals surface area contributed by atoms with Gasteiger partial charge in [0.1, 0.15) is 29.5 Å². The van der Waals surface area contributed by atoms with Gasteiger partial charge in [0.15, 0.2) is 6.29 Å². The Morgan fingerprint density at radius 2 is 1.00 bits per heavy atom. The Morgan fingerprint density at radius 1 is 0.583 bits per heavy atom. The third-order valence-corrected chi connectivity index (χ3v) is 9.29. The van der Waals surface area contributed by atoms with E-state index in [9.17, 15) is 0 Å². The summed E-state index contributed by atoms with van der Waals surface area (Å²) in [5.74, 6) is 0. The van der Waals surface area contributed by atoms with E-state index in [-0.39, 0.29) is 6.61 Å². The van der Waals surface area contributed by atoms with Crippen molar-refractivity contribution >= 4 is 0 Å². The van der Waals surface area contributed by atoms with Gasteiger partial charge in [-0.25, -0.2) is 0 Å². The van der Waals surface area contributed by atoms with Crippen LogP contribution in [0, 0.1) is 0 Å². The van der Waals surface area contributed by atoms with Crippen LogP contribution in [0.2, 0.25) is 0 Å². The summed E-state index contributed by atoms with van der Waals surface area (Å²) in [6, 6.07) is 51.1. The molecule has 1 aliphatic heterocycles. The van der Waals surface area contributed by atoms with Crippen molar-refractivity contribution in [1.82, 2.24) is 0 Å². The molecule has 1 fully saturated rings. The second kappa shape index (κ2) is 15.8. The van der Waals surface area contributed by atoms with Crippen molar-refractivity contribution in [2.45, 2.75) is 55.9 Å². The first kappa shape index (κ1) is 33.7. The van der Waals surface area contributed by atoms with Crippen LogP contribution in [0.5, 0.6) is 0 Å². The van der Waals surface area contributed by atoms with Gasteiger partial charge < -0.3 is 28.4 Å². The Labute approximate surface area is 284 Å². The zero-order chi connectivity index (χ0) is 33.2. The van der Waals surface area contributed by atoms with E-state index in [4.69, 9.17) is 28.4 Å². The molecule has 248 valence electrons. The van der Waals surface area contributed by atoms with E-state index in [2.05, 4.69) is 36.4 Å².